The number of halogens is 1. The van der Waals surface area contributed by atoms with E-state index in [1.807, 2.05) is 13.8 Å². The zero-order chi connectivity index (χ0) is 17.8. The summed E-state index contributed by atoms with van der Waals surface area (Å²) in [6.07, 6.45) is 1.81. The van der Waals surface area contributed by atoms with Crippen molar-refractivity contribution in [3.05, 3.63) is 35.5 Å². The molecule has 7 nitrogen and oxygen atoms in total. The molecular weight excluding hydrogens is 325 g/mol. The van der Waals surface area contributed by atoms with E-state index in [9.17, 15) is 9.18 Å². The summed E-state index contributed by atoms with van der Waals surface area (Å²) in [5.74, 6) is -0.665. The number of aryl methyl sites for hydroxylation is 1. The number of hydrogen-bond donors (Lipinski definition) is 2. The van der Waals surface area contributed by atoms with Crippen LogP contribution >= 0.6 is 0 Å². The second-order valence-electron chi connectivity index (χ2n) is 6.13. The van der Waals surface area contributed by atoms with Crippen molar-refractivity contribution in [3.8, 4) is 0 Å². The minimum atomic E-state index is -0.376. The molecule has 2 aromatic rings. The molecule has 0 aliphatic carbocycles. The molecule has 1 aliphatic rings. The molecule has 1 unspecified atom stereocenters. The van der Waals surface area contributed by atoms with E-state index in [2.05, 4.69) is 25.7 Å². The zero-order valence-corrected chi connectivity index (χ0v) is 14.4. The molecule has 0 bridgehead atoms. The second-order valence-corrected chi connectivity index (χ2v) is 6.13. The van der Waals surface area contributed by atoms with Gasteiger partial charge in [0.05, 0.1) is 0 Å². The molecule has 0 saturated carbocycles. The summed E-state index contributed by atoms with van der Waals surface area (Å²) < 4.78 is 18.6. The maximum Gasteiger partial charge on any atom is 0.315 e. The average molecular weight is 347 g/mol. The smallest absolute Gasteiger partial charge is 0.315 e. The summed E-state index contributed by atoms with van der Waals surface area (Å²) in [7, 11) is 0. The molecular formula is C17H22FN5O2. The van der Waals surface area contributed by atoms with Gasteiger partial charge in [-0.05, 0) is 50.5 Å². The van der Waals surface area contributed by atoms with Crippen molar-refractivity contribution in [2.24, 2.45) is 0 Å². The number of amides is 1. The van der Waals surface area contributed by atoms with E-state index < -0.39 is 0 Å². The SMILES string of the molecule is CCNc1nnc(C(=O)NC2CCCN(c3ccc(F)cc3C)C2)o1. The van der Waals surface area contributed by atoms with Crippen LogP contribution in [0.15, 0.2) is 22.6 Å². The molecule has 2 N–H and O–H groups in total. The van der Waals surface area contributed by atoms with Crippen LogP contribution in [0.25, 0.3) is 0 Å². The third kappa shape index (κ3) is 4.07. The number of nitrogens with zero attached hydrogens (tertiary/aromatic N) is 3. The van der Waals surface area contributed by atoms with Crippen molar-refractivity contribution in [1.29, 1.82) is 0 Å². The van der Waals surface area contributed by atoms with Crippen LogP contribution in [0.4, 0.5) is 16.1 Å². The van der Waals surface area contributed by atoms with Gasteiger partial charge in [0.1, 0.15) is 5.82 Å². The number of benzene rings is 1. The van der Waals surface area contributed by atoms with Gasteiger partial charge in [-0.25, -0.2) is 4.39 Å². The maximum absolute atomic E-state index is 13.3. The van der Waals surface area contributed by atoms with E-state index in [0.29, 0.717) is 13.1 Å². The summed E-state index contributed by atoms with van der Waals surface area (Å²) >= 11 is 0. The van der Waals surface area contributed by atoms with Crippen molar-refractivity contribution in [2.75, 3.05) is 29.9 Å². The predicted molar refractivity (Wildman–Crippen MR) is 92.3 cm³/mol. The van der Waals surface area contributed by atoms with E-state index in [-0.39, 0.29) is 29.7 Å². The average Bonchev–Trinajstić information content (AvgIpc) is 3.04. The van der Waals surface area contributed by atoms with Crippen LogP contribution in [0.1, 0.15) is 36.0 Å². The quantitative estimate of drug-likeness (QED) is 0.864. The predicted octanol–water partition coefficient (Wildman–Crippen LogP) is 2.35. The molecule has 1 aromatic heterocycles. The molecule has 3 rings (SSSR count). The molecule has 0 spiro atoms. The molecule has 1 aliphatic heterocycles. The number of hydrogen-bond acceptors (Lipinski definition) is 6. The van der Waals surface area contributed by atoms with Gasteiger partial charge < -0.3 is 20.0 Å². The number of anilines is 2. The van der Waals surface area contributed by atoms with E-state index in [0.717, 1.165) is 30.6 Å². The summed E-state index contributed by atoms with van der Waals surface area (Å²) in [6, 6.07) is 4.99. The third-order valence-corrected chi connectivity index (χ3v) is 4.20. The van der Waals surface area contributed by atoms with Crippen molar-refractivity contribution in [3.63, 3.8) is 0 Å². The topological polar surface area (TPSA) is 83.3 Å². The van der Waals surface area contributed by atoms with Crippen LogP contribution in [0, 0.1) is 12.7 Å². The molecule has 0 radical (unpaired) electrons. The molecule has 1 aromatic carbocycles. The Morgan fingerprint density at radius 2 is 2.28 bits per heavy atom. The summed E-state index contributed by atoms with van der Waals surface area (Å²) in [5.41, 5.74) is 1.88. The first-order valence-corrected chi connectivity index (χ1v) is 8.46. The van der Waals surface area contributed by atoms with Gasteiger partial charge >= 0.3 is 17.8 Å². The lowest BCUT2D eigenvalue weighted by Crippen LogP contribution is -2.48. The summed E-state index contributed by atoms with van der Waals surface area (Å²) in [6.45, 7) is 5.97. The van der Waals surface area contributed by atoms with E-state index >= 15 is 0 Å². The molecule has 1 atom stereocenters. The maximum atomic E-state index is 13.3. The normalized spacial score (nSPS) is 17.4. The van der Waals surface area contributed by atoms with Crippen LogP contribution in [0.2, 0.25) is 0 Å². The van der Waals surface area contributed by atoms with Gasteiger partial charge in [-0.15, -0.1) is 5.10 Å². The molecule has 1 fully saturated rings. The highest BCUT2D eigenvalue weighted by Crippen LogP contribution is 2.24. The molecule has 25 heavy (non-hydrogen) atoms. The fourth-order valence-corrected chi connectivity index (χ4v) is 3.07. The Labute approximate surface area is 145 Å². The standard InChI is InChI=1S/C17H22FN5O2/c1-3-19-17-22-21-16(25-17)15(24)20-13-5-4-8-23(10-13)14-7-6-12(18)9-11(14)2/h6-7,9,13H,3-5,8,10H2,1-2H3,(H,19,22)(H,20,24). The largest absolute Gasteiger partial charge is 0.399 e. The number of carbonyl (C=O) groups excluding carboxylic acids is 1. The third-order valence-electron chi connectivity index (χ3n) is 4.20. The number of rotatable bonds is 5. The number of piperidine rings is 1. The number of nitrogens with one attached hydrogen (secondary N) is 2. The lowest BCUT2D eigenvalue weighted by molar-refractivity contribution is 0.0899. The lowest BCUT2D eigenvalue weighted by atomic mass is 10.0. The Hall–Kier alpha value is -2.64. The second kappa shape index (κ2) is 7.50. The van der Waals surface area contributed by atoms with Crippen LogP contribution in [0.3, 0.4) is 0 Å². The van der Waals surface area contributed by atoms with Gasteiger partial charge in [-0.2, -0.15) is 0 Å². The van der Waals surface area contributed by atoms with Crippen LogP contribution < -0.4 is 15.5 Å². The summed E-state index contributed by atoms with van der Waals surface area (Å²) in [5, 5.41) is 13.3. The Kier molecular flexibility index (Phi) is 5.16. The van der Waals surface area contributed by atoms with Crippen molar-refractivity contribution in [1.82, 2.24) is 15.5 Å². The van der Waals surface area contributed by atoms with Crippen LogP contribution in [-0.2, 0) is 0 Å². The molecule has 1 saturated heterocycles. The first-order valence-electron chi connectivity index (χ1n) is 8.46. The first kappa shape index (κ1) is 17.2. The van der Waals surface area contributed by atoms with E-state index in [1.54, 1.807) is 6.07 Å². The first-order chi connectivity index (χ1) is 12.1. The number of aromatic nitrogens is 2. The number of carbonyl (C=O) groups is 1. The van der Waals surface area contributed by atoms with Gasteiger partial charge in [-0.1, -0.05) is 5.10 Å². The lowest BCUT2D eigenvalue weighted by Gasteiger charge is -2.35. The highest BCUT2D eigenvalue weighted by molar-refractivity contribution is 5.89. The van der Waals surface area contributed by atoms with E-state index in [4.69, 9.17) is 4.42 Å². The van der Waals surface area contributed by atoms with E-state index in [1.165, 1.54) is 12.1 Å². The fourth-order valence-electron chi connectivity index (χ4n) is 3.07. The zero-order valence-electron chi connectivity index (χ0n) is 14.4. The highest BCUT2D eigenvalue weighted by Gasteiger charge is 2.25. The van der Waals surface area contributed by atoms with Crippen molar-refractivity contribution >= 4 is 17.6 Å². The van der Waals surface area contributed by atoms with Gasteiger partial charge in [0, 0.05) is 31.4 Å². The van der Waals surface area contributed by atoms with Gasteiger partial charge in [-0.3, -0.25) is 4.79 Å². The fraction of sp³-hybridized carbons (Fsp3) is 0.471. The minimum Gasteiger partial charge on any atom is -0.399 e. The van der Waals surface area contributed by atoms with Gasteiger partial charge in [0.15, 0.2) is 0 Å². The Morgan fingerprint density at radius 1 is 1.44 bits per heavy atom. The monoisotopic (exact) mass is 347 g/mol. The van der Waals surface area contributed by atoms with Crippen molar-refractivity contribution in [2.45, 2.75) is 32.7 Å². The Morgan fingerprint density at radius 3 is 3.04 bits per heavy atom. The van der Waals surface area contributed by atoms with Gasteiger partial charge in [0.25, 0.3) is 0 Å². The minimum absolute atomic E-state index is 0.0276. The van der Waals surface area contributed by atoms with Crippen LogP contribution in [0.5, 0.6) is 0 Å². The molecule has 1 amide bonds. The molecule has 8 heteroatoms. The Balaban J connectivity index is 1.63. The highest BCUT2D eigenvalue weighted by atomic mass is 19.1. The molecule has 2 heterocycles. The Bertz CT molecular complexity index is 748. The summed E-state index contributed by atoms with van der Waals surface area (Å²) in [4.78, 5) is 14.4. The van der Waals surface area contributed by atoms with Crippen molar-refractivity contribution < 1.29 is 13.6 Å². The van der Waals surface area contributed by atoms with Crippen LogP contribution in [-0.4, -0.2) is 41.8 Å². The van der Waals surface area contributed by atoms with Gasteiger partial charge in [0.2, 0.25) is 0 Å². The molecule has 134 valence electrons.